The summed E-state index contributed by atoms with van der Waals surface area (Å²) >= 11 is 0. The summed E-state index contributed by atoms with van der Waals surface area (Å²) in [6, 6.07) is 3.02. The highest BCUT2D eigenvalue weighted by atomic mass is 19.1. The maximum Gasteiger partial charge on any atom is 0.226 e. The predicted molar refractivity (Wildman–Crippen MR) is 90.1 cm³/mol. The second-order valence-corrected chi connectivity index (χ2v) is 8.46. The Morgan fingerprint density at radius 2 is 1.80 bits per heavy atom. The van der Waals surface area contributed by atoms with Gasteiger partial charge in [-0.05, 0) is 75.3 Å². The average Bonchev–Trinajstić information content (AvgIpc) is 2.52. The van der Waals surface area contributed by atoms with Gasteiger partial charge < -0.3 is 10.1 Å². The van der Waals surface area contributed by atoms with Gasteiger partial charge in [-0.15, -0.1) is 0 Å². The minimum atomic E-state index is -0.723. The van der Waals surface area contributed by atoms with Crippen molar-refractivity contribution in [2.75, 3.05) is 6.61 Å². The first-order chi connectivity index (χ1) is 11.9. The second kappa shape index (κ2) is 6.26. The number of rotatable bonds is 5. The molecular formula is C20H25F2NO2. The van der Waals surface area contributed by atoms with E-state index >= 15 is 0 Å². The van der Waals surface area contributed by atoms with Gasteiger partial charge in [-0.3, -0.25) is 4.79 Å². The van der Waals surface area contributed by atoms with E-state index in [1.54, 1.807) is 0 Å². The number of carbonyl (C=O) groups excluding carboxylic acids is 1. The molecule has 5 heteroatoms. The number of halogens is 2. The molecule has 0 aromatic heterocycles. The molecule has 1 atom stereocenters. The topological polar surface area (TPSA) is 38.3 Å². The summed E-state index contributed by atoms with van der Waals surface area (Å²) in [5.41, 5.74) is -0.190. The fourth-order valence-corrected chi connectivity index (χ4v) is 5.61. The SMILES string of the molecule is C[C@@H](COc1ccc(F)cc1F)NC(=O)C12CC3CC(CC(C3)C1)C2. The van der Waals surface area contributed by atoms with Gasteiger partial charge in [-0.2, -0.15) is 0 Å². The van der Waals surface area contributed by atoms with Crippen molar-refractivity contribution in [2.24, 2.45) is 23.2 Å². The number of hydrogen-bond acceptors (Lipinski definition) is 2. The van der Waals surface area contributed by atoms with Crippen LogP contribution in [0.3, 0.4) is 0 Å². The molecule has 0 unspecified atom stereocenters. The lowest BCUT2D eigenvalue weighted by Gasteiger charge is -2.55. The highest BCUT2D eigenvalue weighted by Crippen LogP contribution is 2.60. The molecule has 0 heterocycles. The summed E-state index contributed by atoms with van der Waals surface area (Å²) in [5.74, 6) is 0.956. The zero-order valence-electron chi connectivity index (χ0n) is 14.6. The first kappa shape index (κ1) is 16.8. The van der Waals surface area contributed by atoms with Crippen LogP contribution < -0.4 is 10.1 Å². The minimum Gasteiger partial charge on any atom is -0.488 e. The van der Waals surface area contributed by atoms with E-state index in [1.165, 1.54) is 25.3 Å². The van der Waals surface area contributed by atoms with Gasteiger partial charge in [0.2, 0.25) is 5.91 Å². The van der Waals surface area contributed by atoms with Crippen LogP contribution in [0.15, 0.2) is 18.2 Å². The van der Waals surface area contributed by atoms with Gasteiger partial charge in [0.15, 0.2) is 11.6 Å². The van der Waals surface area contributed by atoms with Crippen LogP contribution in [0.5, 0.6) is 5.75 Å². The molecule has 4 bridgehead atoms. The fourth-order valence-electron chi connectivity index (χ4n) is 5.61. The zero-order chi connectivity index (χ0) is 17.6. The molecule has 0 aliphatic heterocycles. The van der Waals surface area contributed by atoms with Gasteiger partial charge in [-0.25, -0.2) is 8.78 Å². The molecule has 4 fully saturated rings. The van der Waals surface area contributed by atoms with Crippen LogP contribution in [0.1, 0.15) is 45.4 Å². The Hall–Kier alpha value is -1.65. The summed E-state index contributed by atoms with van der Waals surface area (Å²) in [5, 5.41) is 3.08. The van der Waals surface area contributed by atoms with Gasteiger partial charge in [0.1, 0.15) is 12.4 Å². The quantitative estimate of drug-likeness (QED) is 0.870. The standard InChI is InChI=1S/C20H25F2NO2/c1-12(11-25-18-3-2-16(21)7-17(18)22)23-19(24)20-8-13-4-14(9-20)6-15(5-13)10-20/h2-3,7,12-15H,4-6,8-11H2,1H3,(H,23,24)/t12-,13?,14?,15?,20?/m0/s1. The summed E-state index contributed by atoms with van der Waals surface area (Å²) in [4.78, 5) is 12.9. The van der Waals surface area contributed by atoms with E-state index in [1.807, 2.05) is 6.92 Å². The Morgan fingerprint density at radius 3 is 2.36 bits per heavy atom. The largest absolute Gasteiger partial charge is 0.488 e. The van der Waals surface area contributed by atoms with Crippen LogP contribution in [0.4, 0.5) is 8.78 Å². The van der Waals surface area contributed by atoms with E-state index in [9.17, 15) is 13.6 Å². The van der Waals surface area contributed by atoms with E-state index in [-0.39, 0.29) is 29.7 Å². The number of amides is 1. The maximum absolute atomic E-state index is 13.6. The smallest absolute Gasteiger partial charge is 0.226 e. The lowest BCUT2D eigenvalue weighted by atomic mass is 9.49. The summed E-state index contributed by atoms with van der Waals surface area (Å²) in [6.07, 6.45) is 6.96. The molecule has 4 saturated carbocycles. The molecule has 0 radical (unpaired) electrons. The summed E-state index contributed by atoms with van der Waals surface area (Å²) in [6.45, 7) is 2.03. The van der Waals surface area contributed by atoms with Crippen molar-refractivity contribution < 1.29 is 18.3 Å². The molecular weight excluding hydrogens is 324 g/mol. The fraction of sp³-hybridized carbons (Fsp3) is 0.650. The van der Waals surface area contributed by atoms with Crippen LogP contribution in [0.25, 0.3) is 0 Å². The third kappa shape index (κ3) is 3.25. The van der Waals surface area contributed by atoms with Crippen molar-refractivity contribution in [2.45, 2.75) is 51.5 Å². The Labute approximate surface area is 147 Å². The normalized spacial score (nSPS) is 34.0. The Bertz CT molecular complexity index is 640. The highest BCUT2D eigenvalue weighted by molar-refractivity contribution is 5.83. The highest BCUT2D eigenvalue weighted by Gasteiger charge is 2.54. The number of nitrogens with one attached hydrogen (secondary N) is 1. The van der Waals surface area contributed by atoms with Crippen molar-refractivity contribution in [1.82, 2.24) is 5.32 Å². The molecule has 0 saturated heterocycles. The summed E-state index contributed by atoms with van der Waals surface area (Å²) in [7, 11) is 0. The molecule has 1 aromatic carbocycles. The lowest BCUT2D eigenvalue weighted by molar-refractivity contribution is -0.147. The van der Waals surface area contributed by atoms with E-state index in [0.717, 1.165) is 49.1 Å². The molecule has 136 valence electrons. The maximum atomic E-state index is 13.6. The van der Waals surface area contributed by atoms with Crippen LogP contribution >= 0.6 is 0 Å². The Morgan fingerprint density at radius 1 is 1.20 bits per heavy atom. The first-order valence-electron chi connectivity index (χ1n) is 9.32. The predicted octanol–water partition coefficient (Wildman–Crippen LogP) is 4.06. The second-order valence-electron chi connectivity index (χ2n) is 8.46. The van der Waals surface area contributed by atoms with Crippen molar-refractivity contribution >= 4 is 5.91 Å². The van der Waals surface area contributed by atoms with Gasteiger partial charge >= 0.3 is 0 Å². The van der Waals surface area contributed by atoms with E-state index in [2.05, 4.69) is 5.32 Å². The third-order valence-corrected chi connectivity index (χ3v) is 6.28. The number of ether oxygens (including phenoxy) is 1. The van der Waals surface area contributed by atoms with Crippen molar-refractivity contribution in [3.63, 3.8) is 0 Å². The van der Waals surface area contributed by atoms with Crippen molar-refractivity contribution in [3.8, 4) is 5.75 Å². The van der Waals surface area contributed by atoms with Gasteiger partial charge in [-0.1, -0.05) is 0 Å². The van der Waals surface area contributed by atoms with Gasteiger partial charge in [0.05, 0.1) is 6.04 Å². The molecule has 5 rings (SSSR count). The number of hydrogen-bond donors (Lipinski definition) is 1. The Kier molecular flexibility index (Phi) is 4.20. The molecule has 0 spiro atoms. The monoisotopic (exact) mass is 349 g/mol. The molecule has 1 amide bonds. The number of carbonyl (C=O) groups is 1. The molecule has 3 nitrogen and oxygen atoms in total. The first-order valence-corrected chi connectivity index (χ1v) is 9.32. The van der Waals surface area contributed by atoms with Crippen LogP contribution in [-0.2, 0) is 4.79 Å². The van der Waals surface area contributed by atoms with E-state index in [0.29, 0.717) is 0 Å². The summed E-state index contributed by atoms with van der Waals surface area (Å²) < 4.78 is 32.0. The van der Waals surface area contributed by atoms with E-state index < -0.39 is 11.6 Å². The van der Waals surface area contributed by atoms with Gasteiger partial charge in [0, 0.05) is 11.5 Å². The van der Waals surface area contributed by atoms with Crippen LogP contribution in [0, 0.1) is 34.8 Å². The van der Waals surface area contributed by atoms with Crippen molar-refractivity contribution in [3.05, 3.63) is 29.8 Å². The third-order valence-electron chi connectivity index (χ3n) is 6.28. The minimum absolute atomic E-state index is 0.0114. The Balaban J connectivity index is 1.34. The van der Waals surface area contributed by atoms with Crippen LogP contribution in [0.2, 0.25) is 0 Å². The average molecular weight is 349 g/mol. The molecule has 4 aliphatic rings. The molecule has 4 aliphatic carbocycles. The van der Waals surface area contributed by atoms with Crippen LogP contribution in [-0.4, -0.2) is 18.6 Å². The van der Waals surface area contributed by atoms with Gasteiger partial charge in [0.25, 0.3) is 0 Å². The van der Waals surface area contributed by atoms with E-state index in [4.69, 9.17) is 4.74 Å². The lowest BCUT2D eigenvalue weighted by Crippen LogP contribution is -2.55. The molecule has 25 heavy (non-hydrogen) atoms. The van der Waals surface area contributed by atoms with Crippen molar-refractivity contribution in [1.29, 1.82) is 0 Å². The molecule has 1 N–H and O–H groups in total. The molecule has 1 aromatic rings. The number of benzene rings is 1. The zero-order valence-corrected chi connectivity index (χ0v) is 14.6.